The highest BCUT2D eigenvalue weighted by Gasteiger charge is 2.20. The molecule has 0 N–H and O–H groups in total. The number of fused-ring (bicyclic) bond motifs is 1. The van der Waals surface area contributed by atoms with Crippen molar-refractivity contribution in [2.45, 2.75) is 13.5 Å². The number of hydrogen-bond donors (Lipinski definition) is 0. The van der Waals surface area contributed by atoms with Crippen molar-refractivity contribution in [3.8, 4) is 0 Å². The molecule has 1 aliphatic rings. The summed E-state index contributed by atoms with van der Waals surface area (Å²) < 4.78 is 5.83. The smallest absolute Gasteiger partial charge is 0.258 e. The molecular weight excluding hydrogens is 332 g/mol. The van der Waals surface area contributed by atoms with Crippen LogP contribution in [0.5, 0.6) is 0 Å². The van der Waals surface area contributed by atoms with Gasteiger partial charge in [0.05, 0.1) is 5.69 Å². The fourth-order valence-electron chi connectivity index (χ4n) is 2.71. The van der Waals surface area contributed by atoms with Crippen molar-refractivity contribution >= 4 is 33.0 Å². The highest BCUT2D eigenvalue weighted by atomic mass is 32.1. The minimum atomic E-state index is -0.00535. The van der Waals surface area contributed by atoms with Crippen LogP contribution in [0, 0.1) is 6.92 Å². The predicted octanol–water partition coefficient (Wildman–Crippen LogP) is 1.24. The molecule has 0 saturated carbocycles. The van der Waals surface area contributed by atoms with Gasteiger partial charge in [0.25, 0.3) is 5.56 Å². The van der Waals surface area contributed by atoms with Crippen LogP contribution in [-0.4, -0.2) is 49.8 Å². The summed E-state index contributed by atoms with van der Waals surface area (Å²) in [5, 5.41) is 2.88. The number of nitrogens with zero attached hydrogens (tertiary/aromatic N) is 6. The number of piperazine rings is 1. The first-order valence-corrected chi connectivity index (χ1v) is 9.08. The summed E-state index contributed by atoms with van der Waals surface area (Å²) in [4.78, 5) is 26.4. The van der Waals surface area contributed by atoms with E-state index in [4.69, 9.17) is 0 Å². The van der Waals surface area contributed by atoms with Crippen molar-refractivity contribution in [3.63, 3.8) is 0 Å². The second-order valence-corrected chi connectivity index (χ2v) is 7.13. The first kappa shape index (κ1) is 14.7. The number of anilines is 1. The van der Waals surface area contributed by atoms with Crippen molar-refractivity contribution in [3.05, 3.63) is 39.5 Å². The fourth-order valence-corrected chi connectivity index (χ4v) is 4.17. The molecule has 3 aromatic rings. The maximum absolute atomic E-state index is 12.0. The van der Waals surface area contributed by atoms with Crippen molar-refractivity contribution in [2.24, 2.45) is 0 Å². The molecule has 1 fully saturated rings. The predicted molar refractivity (Wildman–Crippen MR) is 91.5 cm³/mol. The molecule has 0 aliphatic carbocycles. The summed E-state index contributed by atoms with van der Waals surface area (Å²) in [5.41, 5.74) is 0.840. The molecule has 0 spiro atoms. The van der Waals surface area contributed by atoms with E-state index in [0.29, 0.717) is 6.54 Å². The minimum absolute atomic E-state index is 0.00535. The molecule has 23 heavy (non-hydrogen) atoms. The Morgan fingerprint density at radius 3 is 2.78 bits per heavy atom. The van der Waals surface area contributed by atoms with Gasteiger partial charge in [-0.2, -0.15) is 4.37 Å². The number of aryl methyl sites for hydroxylation is 1. The van der Waals surface area contributed by atoms with Crippen LogP contribution in [-0.2, 0) is 6.54 Å². The van der Waals surface area contributed by atoms with Gasteiger partial charge in [0, 0.05) is 61.9 Å². The van der Waals surface area contributed by atoms with Gasteiger partial charge in [-0.25, -0.2) is 9.97 Å². The number of aromatic nitrogens is 4. The largest absolute Gasteiger partial charge is 0.344 e. The second kappa shape index (κ2) is 5.99. The third kappa shape index (κ3) is 2.99. The van der Waals surface area contributed by atoms with E-state index in [-0.39, 0.29) is 5.56 Å². The molecule has 9 heteroatoms. The normalized spacial score (nSPS) is 16.3. The van der Waals surface area contributed by atoms with Gasteiger partial charge in [-0.3, -0.25) is 14.1 Å². The van der Waals surface area contributed by atoms with Crippen LogP contribution in [0.2, 0.25) is 0 Å². The van der Waals surface area contributed by atoms with E-state index in [1.54, 1.807) is 16.7 Å². The monoisotopic (exact) mass is 348 g/mol. The second-order valence-electron chi connectivity index (χ2n) is 5.53. The lowest BCUT2D eigenvalue weighted by Gasteiger charge is -2.34. The van der Waals surface area contributed by atoms with Gasteiger partial charge >= 0.3 is 0 Å². The van der Waals surface area contributed by atoms with E-state index in [1.807, 2.05) is 12.3 Å². The highest BCUT2D eigenvalue weighted by molar-refractivity contribution is 7.15. The third-order valence-electron chi connectivity index (χ3n) is 3.90. The lowest BCUT2D eigenvalue weighted by atomic mass is 10.3. The molecular formula is C14H16N6OS2. The zero-order valence-corrected chi connectivity index (χ0v) is 14.3. The van der Waals surface area contributed by atoms with Gasteiger partial charge in [-0.1, -0.05) is 0 Å². The van der Waals surface area contributed by atoms with E-state index in [0.717, 1.165) is 47.8 Å². The molecule has 7 nitrogen and oxygen atoms in total. The lowest BCUT2D eigenvalue weighted by molar-refractivity contribution is 0.247. The Morgan fingerprint density at radius 2 is 2.04 bits per heavy atom. The van der Waals surface area contributed by atoms with Crippen molar-refractivity contribution in [1.82, 2.24) is 23.6 Å². The molecule has 3 aromatic heterocycles. The number of hydrogen-bond acceptors (Lipinski definition) is 8. The van der Waals surface area contributed by atoms with Gasteiger partial charge in [-0.15, -0.1) is 11.3 Å². The molecule has 0 aromatic carbocycles. The molecule has 0 bridgehead atoms. The van der Waals surface area contributed by atoms with E-state index < -0.39 is 0 Å². The summed E-state index contributed by atoms with van der Waals surface area (Å²) >= 11 is 2.95. The molecule has 1 aliphatic heterocycles. The number of rotatable bonds is 3. The standard InChI is InChI=1S/C14H16N6OS2/c1-10-15-13(23-17-10)19-4-2-18(3-5-19)9-11-8-12(21)20-6-7-22-14(20)16-11/h6-8H,2-5,9H2,1H3. The Morgan fingerprint density at radius 1 is 1.22 bits per heavy atom. The Bertz CT molecular complexity index is 877. The van der Waals surface area contributed by atoms with Gasteiger partial charge < -0.3 is 4.90 Å². The molecule has 0 radical (unpaired) electrons. The van der Waals surface area contributed by atoms with Crippen LogP contribution in [0.4, 0.5) is 5.13 Å². The summed E-state index contributed by atoms with van der Waals surface area (Å²) in [5.74, 6) is 0.835. The molecule has 0 amide bonds. The lowest BCUT2D eigenvalue weighted by Crippen LogP contribution is -2.46. The average molecular weight is 348 g/mol. The zero-order chi connectivity index (χ0) is 15.8. The summed E-state index contributed by atoms with van der Waals surface area (Å²) in [6, 6.07) is 1.64. The molecule has 4 rings (SSSR count). The summed E-state index contributed by atoms with van der Waals surface area (Å²) in [6.07, 6.45) is 1.77. The van der Waals surface area contributed by atoms with Crippen LogP contribution in [0.1, 0.15) is 11.5 Å². The topological polar surface area (TPSA) is 66.6 Å². The molecule has 1 saturated heterocycles. The van der Waals surface area contributed by atoms with Crippen LogP contribution >= 0.6 is 22.9 Å². The van der Waals surface area contributed by atoms with Crippen LogP contribution in [0.3, 0.4) is 0 Å². The van der Waals surface area contributed by atoms with E-state index in [1.165, 1.54) is 22.9 Å². The maximum atomic E-state index is 12.0. The quantitative estimate of drug-likeness (QED) is 0.709. The Labute approximate surface area is 141 Å². The molecule has 120 valence electrons. The SMILES string of the molecule is Cc1nsc(N2CCN(Cc3cc(=O)n4ccsc4n3)CC2)n1. The summed E-state index contributed by atoms with van der Waals surface area (Å²) in [6.45, 7) is 6.35. The van der Waals surface area contributed by atoms with Crippen molar-refractivity contribution in [1.29, 1.82) is 0 Å². The van der Waals surface area contributed by atoms with E-state index in [2.05, 4.69) is 24.1 Å². The van der Waals surface area contributed by atoms with Crippen LogP contribution in [0.25, 0.3) is 4.96 Å². The average Bonchev–Trinajstić information content (AvgIpc) is 3.17. The van der Waals surface area contributed by atoms with Gasteiger partial charge in [0.1, 0.15) is 5.82 Å². The first-order chi connectivity index (χ1) is 11.2. The first-order valence-electron chi connectivity index (χ1n) is 7.42. The van der Waals surface area contributed by atoms with E-state index >= 15 is 0 Å². The highest BCUT2D eigenvalue weighted by Crippen LogP contribution is 2.19. The van der Waals surface area contributed by atoms with Crippen molar-refractivity contribution in [2.75, 3.05) is 31.1 Å². The molecule has 4 heterocycles. The Hall–Kier alpha value is -1.84. The molecule has 0 atom stereocenters. The van der Waals surface area contributed by atoms with Crippen LogP contribution < -0.4 is 10.5 Å². The zero-order valence-electron chi connectivity index (χ0n) is 12.7. The van der Waals surface area contributed by atoms with Gasteiger partial charge in [0.15, 0.2) is 4.96 Å². The Balaban J connectivity index is 1.43. The fraction of sp³-hybridized carbons (Fsp3) is 0.429. The van der Waals surface area contributed by atoms with Gasteiger partial charge in [-0.05, 0) is 6.92 Å². The summed E-state index contributed by atoms with van der Waals surface area (Å²) in [7, 11) is 0. The van der Waals surface area contributed by atoms with Crippen LogP contribution in [0.15, 0.2) is 22.4 Å². The Kier molecular flexibility index (Phi) is 3.83. The van der Waals surface area contributed by atoms with E-state index in [9.17, 15) is 4.79 Å². The number of thiazole rings is 1. The van der Waals surface area contributed by atoms with Gasteiger partial charge in [0.2, 0.25) is 5.13 Å². The molecule has 0 unspecified atom stereocenters. The third-order valence-corrected chi connectivity index (χ3v) is 5.53. The van der Waals surface area contributed by atoms with Crippen molar-refractivity contribution < 1.29 is 0 Å². The minimum Gasteiger partial charge on any atom is -0.344 e. The maximum Gasteiger partial charge on any atom is 0.258 e.